The molecule has 0 aromatic heterocycles. The topological polar surface area (TPSA) is 66.5 Å². The van der Waals surface area contributed by atoms with Crippen LogP contribution in [0.1, 0.15) is 22.8 Å². The second kappa shape index (κ2) is 7.23. The van der Waals surface area contributed by atoms with Gasteiger partial charge in [0.1, 0.15) is 0 Å². The molecule has 7 heteroatoms. The van der Waals surface area contributed by atoms with Crippen LogP contribution in [0.15, 0.2) is 42.5 Å². The summed E-state index contributed by atoms with van der Waals surface area (Å²) in [5, 5.41) is 3.38. The maximum atomic E-state index is 12.3. The predicted molar refractivity (Wildman–Crippen MR) is 98.4 cm³/mol. The van der Waals surface area contributed by atoms with Crippen molar-refractivity contribution < 1.29 is 13.2 Å². The summed E-state index contributed by atoms with van der Waals surface area (Å²) in [6.45, 7) is 3.90. The van der Waals surface area contributed by atoms with Gasteiger partial charge in [-0.1, -0.05) is 17.7 Å². The zero-order valence-electron chi connectivity index (χ0n) is 13.7. The van der Waals surface area contributed by atoms with Gasteiger partial charge < -0.3 is 5.32 Å². The first-order valence-electron chi connectivity index (χ1n) is 7.38. The van der Waals surface area contributed by atoms with Crippen molar-refractivity contribution in [2.45, 2.75) is 13.8 Å². The van der Waals surface area contributed by atoms with E-state index in [1.807, 2.05) is 6.92 Å². The Morgan fingerprint density at radius 1 is 1.17 bits per heavy atom. The lowest BCUT2D eigenvalue weighted by atomic mass is 10.1. The molecule has 0 saturated heterocycles. The summed E-state index contributed by atoms with van der Waals surface area (Å²) in [7, 11) is -3.34. The lowest BCUT2D eigenvalue weighted by Gasteiger charge is -2.20. The number of nitrogens with one attached hydrogen (secondary N) is 1. The standard InChI is InChI=1S/C17H19ClN2O3S/c1-4-20(24(3,22)23)14-10-8-13(9-11-14)17(21)19-16-7-5-6-15(18)12(16)2/h5-11H,4H2,1-3H3,(H,19,21). The van der Waals surface area contributed by atoms with Crippen molar-refractivity contribution in [3.05, 3.63) is 58.6 Å². The maximum Gasteiger partial charge on any atom is 0.255 e. The van der Waals surface area contributed by atoms with E-state index >= 15 is 0 Å². The second-order valence-electron chi connectivity index (χ2n) is 5.34. The van der Waals surface area contributed by atoms with E-state index in [9.17, 15) is 13.2 Å². The Bertz CT molecular complexity index is 849. The summed E-state index contributed by atoms with van der Waals surface area (Å²) in [6.07, 6.45) is 1.15. The highest BCUT2D eigenvalue weighted by atomic mass is 35.5. The van der Waals surface area contributed by atoms with Gasteiger partial charge >= 0.3 is 0 Å². The van der Waals surface area contributed by atoms with Gasteiger partial charge in [-0.3, -0.25) is 9.10 Å². The summed E-state index contributed by atoms with van der Waals surface area (Å²) in [5.74, 6) is -0.283. The number of hydrogen-bond donors (Lipinski definition) is 1. The summed E-state index contributed by atoms with van der Waals surface area (Å²) in [4.78, 5) is 12.3. The van der Waals surface area contributed by atoms with Crippen molar-refractivity contribution in [1.29, 1.82) is 0 Å². The van der Waals surface area contributed by atoms with E-state index < -0.39 is 10.0 Å². The molecule has 0 spiro atoms. The highest BCUT2D eigenvalue weighted by Crippen LogP contribution is 2.24. The van der Waals surface area contributed by atoms with Crippen molar-refractivity contribution in [2.24, 2.45) is 0 Å². The molecular weight excluding hydrogens is 348 g/mol. The number of benzene rings is 2. The van der Waals surface area contributed by atoms with Crippen LogP contribution in [-0.2, 0) is 10.0 Å². The second-order valence-corrected chi connectivity index (χ2v) is 7.66. The Morgan fingerprint density at radius 3 is 2.33 bits per heavy atom. The van der Waals surface area contributed by atoms with E-state index in [1.165, 1.54) is 4.31 Å². The molecule has 24 heavy (non-hydrogen) atoms. The van der Waals surface area contributed by atoms with Crippen LogP contribution in [0.5, 0.6) is 0 Å². The summed E-state index contributed by atoms with van der Waals surface area (Å²) in [6, 6.07) is 11.7. The fourth-order valence-corrected chi connectivity index (χ4v) is 3.47. The molecule has 1 N–H and O–H groups in total. The van der Waals surface area contributed by atoms with Crippen LogP contribution in [0.3, 0.4) is 0 Å². The van der Waals surface area contributed by atoms with E-state index in [2.05, 4.69) is 5.32 Å². The molecule has 0 saturated carbocycles. The minimum atomic E-state index is -3.34. The van der Waals surface area contributed by atoms with Crippen LogP contribution in [0.4, 0.5) is 11.4 Å². The van der Waals surface area contributed by atoms with Crippen LogP contribution in [-0.4, -0.2) is 27.1 Å². The van der Waals surface area contributed by atoms with Crippen LogP contribution >= 0.6 is 11.6 Å². The number of hydrogen-bond acceptors (Lipinski definition) is 3. The number of sulfonamides is 1. The van der Waals surface area contributed by atoms with Gasteiger partial charge in [-0.05, 0) is 55.8 Å². The van der Waals surface area contributed by atoms with Gasteiger partial charge in [0.25, 0.3) is 5.91 Å². The van der Waals surface area contributed by atoms with Crippen LogP contribution < -0.4 is 9.62 Å². The molecule has 0 aliphatic rings. The molecule has 128 valence electrons. The van der Waals surface area contributed by atoms with Crippen LogP contribution in [0.25, 0.3) is 0 Å². The summed E-state index contributed by atoms with van der Waals surface area (Å²) >= 11 is 6.04. The molecule has 0 heterocycles. The van der Waals surface area contributed by atoms with Gasteiger partial charge in [-0.2, -0.15) is 0 Å². The van der Waals surface area contributed by atoms with E-state index in [0.29, 0.717) is 28.5 Å². The quantitative estimate of drug-likeness (QED) is 0.877. The molecule has 1 amide bonds. The average Bonchev–Trinajstić information content (AvgIpc) is 2.52. The zero-order chi connectivity index (χ0) is 17.9. The zero-order valence-corrected chi connectivity index (χ0v) is 15.3. The Hall–Kier alpha value is -2.05. The minimum Gasteiger partial charge on any atom is -0.322 e. The first-order chi connectivity index (χ1) is 11.2. The lowest BCUT2D eigenvalue weighted by molar-refractivity contribution is 0.102. The van der Waals surface area contributed by atoms with E-state index in [1.54, 1.807) is 49.4 Å². The molecule has 0 fully saturated rings. The molecule has 0 unspecified atom stereocenters. The highest BCUT2D eigenvalue weighted by Gasteiger charge is 2.16. The number of nitrogens with zero attached hydrogens (tertiary/aromatic N) is 1. The van der Waals surface area contributed by atoms with Crippen LogP contribution in [0.2, 0.25) is 5.02 Å². The maximum absolute atomic E-state index is 12.3. The van der Waals surface area contributed by atoms with Crippen molar-refractivity contribution in [2.75, 3.05) is 22.4 Å². The number of carbonyl (C=O) groups excluding carboxylic acids is 1. The number of rotatable bonds is 5. The largest absolute Gasteiger partial charge is 0.322 e. The molecule has 2 rings (SSSR count). The third-order valence-electron chi connectivity index (χ3n) is 3.62. The lowest BCUT2D eigenvalue weighted by Crippen LogP contribution is -2.29. The molecule has 2 aromatic rings. The Balaban J connectivity index is 2.21. The predicted octanol–water partition coefficient (Wildman–Crippen LogP) is 3.69. The van der Waals surface area contributed by atoms with Crippen LogP contribution in [0, 0.1) is 6.92 Å². The van der Waals surface area contributed by atoms with Gasteiger partial charge in [0.2, 0.25) is 10.0 Å². The van der Waals surface area contributed by atoms with Crippen molar-refractivity contribution in [1.82, 2.24) is 0 Å². The Morgan fingerprint density at radius 2 is 1.79 bits per heavy atom. The molecule has 0 atom stereocenters. The first-order valence-corrected chi connectivity index (χ1v) is 9.61. The highest BCUT2D eigenvalue weighted by molar-refractivity contribution is 7.92. The average molecular weight is 367 g/mol. The van der Waals surface area contributed by atoms with Gasteiger partial charge in [0, 0.05) is 22.8 Å². The molecular formula is C17H19ClN2O3S. The summed E-state index contributed by atoms with van der Waals surface area (Å²) < 4.78 is 24.7. The van der Waals surface area contributed by atoms with Crippen molar-refractivity contribution >= 4 is 38.9 Å². The Kier molecular flexibility index (Phi) is 5.51. The van der Waals surface area contributed by atoms with E-state index in [-0.39, 0.29) is 5.91 Å². The third kappa shape index (κ3) is 4.07. The van der Waals surface area contributed by atoms with E-state index in [4.69, 9.17) is 11.6 Å². The van der Waals surface area contributed by atoms with Gasteiger partial charge in [-0.15, -0.1) is 0 Å². The third-order valence-corrected chi connectivity index (χ3v) is 5.30. The normalized spacial score (nSPS) is 11.2. The molecule has 0 bridgehead atoms. The SMILES string of the molecule is CCN(c1ccc(C(=O)Nc2cccc(Cl)c2C)cc1)S(C)(=O)=O. The fourth-order valence-electron chi connectivity index (χ4n) is 2.32. The minimum absolute atomic E-state index is 0.283. The number of amides is 1. The van der Waals surface area contributed by atoms with E-state index in [0.717, 1.165) is 11.8 Å². The monoisotopic (exact) mass is 366 g/mol. The summed E-state index contributed by atoms with van der Waals surface area (Å²) in [5.41, 5.74) is 2.39. The number of carbonyl (C=O) groups is 1. The molecule has 5 nitrogen and oxygen atoms in total. The van der Waals surface area contributed by atoms with Gasteiger partial charge in [-0.25, -0.2) is 8.42 Å². The molecule has 2 aromatic carbocycles. The smallest absolute Gasteiger partial charge is 0.255 e. The molecule has 0 aliphatic heterocycles. The first kappa shape index (κ1) is 18.3. The fraction of sp³-hybridized carbons (Fsp3) is 0.235. The molecule has 0 aliphatic carbocycles. The van der Waals surface area contributed by atoms with Crippen molar-refractivity contribution in [3.63, 3.8) is 0 Å². The van der Waals surface area contributed by atoms with Gasteiger partial charge in [0.15, 0.2) is 0 Å². The van der Waals surface area contributed by atoms with Gasteiger partial charge in [0.05, 0.1) is 11.9 Å². The number of halogens is 1. The number of anilines is 2. The Labute approximate surface area is 147 Å². The molecule has 0 radical (unpaired) electrons. The van der Waals surface area contributed by atoms with Crippen molar-refractivity contribution in [3.8, 4) is 0 Å².